The number of H-pyrrole nitrogens is 1. The van der Waals surface area contributed by atoms with Crippen LogP contribution in [0, 0.1) is 6.92 Å². The average molecular weight is 378 g/mol. The Morgan fingerprint density at radius 2 is 2.00 bits per heavy atom. The maximum absolute atomic E-state index is 12.6. The highest BCUT2D eigenvalue weighted by Gasteiger charge is 2.35. The predicted octanol–water partition coefficient (Wildman–Crippen LogP) is 1.67. The molecule has 0 aliphatic carbocycles. The Labute approximate surface area is 152 Å². The molecule has 1 saturated heterocycles. The van der Waals surface area contributed by atoms with E-state index in [1.807, 2.05) is 24.3 Å². The molecule has 1 N–H and O–H groups in total. The van der Waals surface area contributed by atoms with E-state index >= 15 is 0 Å². The van der Waals surface area contributed by atoms with Crippen LogP contribution in [0.1, 0.15) is 29.4 Å². The Morgan fingerprint density at radius 3 is 2.65 bits per heavy atom. The summed E-state index contributed by atoms with van der Waals surface area (Å²) in [5.41, 5.74) is 1.90. The number of sulfone groups is 1. The van der Waals surface area contributed by atoms with Gasteiger partial charge in [-0.15, -0.1) is 0 Å². The topological polar surface area (TPSA) is 96.5 Å². The Balaban J connectivity index is 1.72. The molecule has 3 rings (SSSR count). The lowest BCUT2D eigenvalue weighted by Crippen LogP contribution is -2.44. The van der Waals surface area contributed by atoms with Gasteiger partial charge in [0.05, 0.1) is 17.1 Å². The molecule has 1 fully saturated rings. The molecule has 1 aliphatic rings. The SMILES string of the molecule is Cc1[nH]c2ccccc2c1C(=O)OC(C)C(=O)N(C)C1CCS(=O)(=O)C1. The second-order valence-electron chi connectivity index (χ2n) is 6.72. The van der Waals surface area contributed by atoms with Crippen molar-refractivity contribution in [2.75, 3.05) is 18.6 Å². The summed E-state index contributed by atoms with van der Waals surface area (Å²) in [7, 11) is -1.54. The molecule has 8 heteroatoms. The first-order valence-electron chi connectivity index (χ1n) is 8.45. The molecule has 140 valence electrons. The van der Waals surface area contributed by atoms with E-state index in [1.165, 1.54) is 11.8 Å². The van der Waals surface area contributed by atoms with Crippen molar-refractivity contribution in [2.45, 2.75) is 32.4 Å². The summed E-state index contributed by atoms with van der Waals surface area (Å²) in [4.78, 5) is 29.6. The van der Waals surface area contributed by atoms with Crippen LogP contribution >= 0.6 is 0 Å². The zero-order chi connectivity index (χ0) is 19.1. The van der Waals surface area contributed by atoms with Gasteiger partial charge in [0.15, 0.2) is 15.9 Å². The molecule has 0 bridgehead atoms. The van der Waals surface area contributed by atoms with Gasteiger partial charge in [-0.25, -0.2) is 13.2 Å². The summed E-state index contributed by atoms with van der Waals surface area (Å²) >= 11 is 0. The van der Waals surface area contributed by atoms with Crippen molar-refractivity contribution in [3.05, 3.63) is 35.5 Å². The molecule has 2 heterocycles. The van der Waals surface area contributed by atoms with Gasteiger partial charge >= 0.3 is 5.97 Å². The number of nitrogens with zero attached hydrogens (tertiary/aromatic N) is 1. The molecule has 2 aromatic rings. The molecule has 1 aromatic carbocycles. The summed E-state index contributed by atoms with van der Waals surface area (Å²) in [5.74, 6) is -0.943. The minimum Gasteiger partial charge on any atom is -0.449 e. The van der Waals surface area contributed by atoms with Gasteiger partial charge < -0.3 is 14.6 Å². The standard InChI is InChI=1S/C18H22N2O5S/c1-11-16(14-6-4-5-7-15(14)19-11)18(22)25-12(2)17(21)20(3)13-8-9-26(23,24)10-13/h4-7,12-13,19H,8-10H2,1-3H3. The molecule has 2 unspecified atom stereocenters. The molecule has 1 amide bonds. The van der Waals surface area contributed by atoms with Crippen LogP contribution in [0.3, 0.4) is 0 Å². The number of esters is 1. The highest BCUT2D eigenvalue weighted by atomic mass is 32.2. The van der Waals surface area contributed by atoms with Gasteiger partial charge in [-0.3, -0.25) is 4.79 Å². The summed E-state index contributed by atoms with van der Waals surface area (Å²) in [6.45, 7) is 3.28. The highest BCUT2D eigenvalue weighted by Crippen LogP contribution is 2.23. The van der Waals surface area contributed by atoms with Crippen LogP contribution in [0.25, 0.3) is 10.9 Å². The number of aryl methyl sites for hydroxylation is 1. The summed E-state index contributed by atoms with van der Waals surface area (Å²) < 4.78 is 28.6. The van der Waals surface area contributed by atoms with Gasteiger partial charge in [0.2, 0.25) is 0 Å². The molecule has 1 aromatic heterocycles. The number of carbonyl (C=O) groups excluding carboxylic acids is 2. The summed E-state index contributed by atoms with van der Waals surface area (Å²) in [5, 5.41) is 0.741. The van der Waals surface area contributed by atoms with Crippen molar-refractivity contribution in [1.82, 2.24) is 9.88 Å². The molecule has 0 radical (unpaired) electrons. The monoisotopic (exact) mass is 378 g/mol. The van der Waals surface area contributed by atoms with Gasteiger partial charge in [-0.05, 0) is 26.3 Å². The Bertz CT molecular complexity index is 963. The molecular formula is C18H22N2O5S. The second kappa shape index (κ2) is 6.75. The molecule has 0 spiro atoms. The number of ether oxygens (including phenoxy) is 1. The largest absolute Gasteiger partial charge is 0.449 e. The number of amides is 1. The van der Waals surface area contributed by atoms with Crippen molar-refractivity contribution in [3.63, 3.8) is 0 Å². The van der Waals surface area contributed by atoms with E-state index in [9.17, 15) is 18.0 Å². The van der Waals surface area contributed by atoms with E-state index in [0.717, 1.165) is 10.9 Å². The van der Waals surface area contributed by atoms with Crippen molar-refractivity contribution < 1.29 is 22.7 Å². The van der Waals surface area contributed by atoms with Crippen LogP contribution in [-0.2, 0) is 19.4 Å². The normalized spacial score (nSPS) is 20.0. The first-order chi connectivity index (χ1) is 12.2. The van der Waals surface area contributed by atoms with Gasteiger partial charge in [0.25, 0.3) is 5.91 Å². The number of hydrogen-bond donors (Lipinski definition) is 1. The molecule has 1 aliphatic heterocycles. The average Bonchev–Trinajstić information content (AvgIpc) is 3.11. The number of fused-ring (bicyclic) bond motifs is 1. The van der Waals surface area contributed by atoms with E-state index in [2.05, 4.69) is 4.98 Å². The Morgan fingerprint density at radius 1 is 1.31 bits per heavy atom. The summed E-state index contributed by atoms with van der Waals surface area (Å²) in [6.07, 6.45) is -0.587. The lowest BCUT2D eigenvalue weighted by atomic mass is 10.1. The highest BCUT2D eigenvalue weighted by molar-refractivity contribution is 7.91. The molecule has 2 atom stereocenters. The van der Waals surface area contributed by atoms with Crippen molar-refractivity contribution in [1.29, 1.82) is 0 Å². The van der Waals surface area contributed by atoms with Gasteiger partial charge in [0, 0.05) is 29.7 Å². The number of likely N-dealkylation sites (N-methyl/N-ethyl adjacent to an activating group) is 1. The number of aromatic amines is 1. The van der Waals surface area contributed by atoms with E-state index in [4.69, 9.17) is 4.74 Å². The maximum Gasteiger partial charge on any atom is 0.341 e. The van der Waals surface area contributed by atoms with E-state index < -0.39 is 27.8 Å². The molecule has 7 nitrogen and oxygen atoms in total. The minimum absolute atomic E-state index is 0.0442. The lowest BCUT2D eigenvalue weighted by Gasteiger charge is -2.26. The molecule has 26 heavy (non-hydrogen) atoms. The van der Waals surface area contributed by atoms with Gasteiger partial charge in [0.1, 0.15) is 0 Å². The third-order valence-electron chi connectivity index (χ3n) is 4.83. The lowest BCUT2D eigenvalue weighted by molar-refractivity contribution is -0.140. The van der Waals surface area contributed by atoms with Crippen LogP contribution in [-0.4, -0.2) is 60.9 Å². The smallest absolute Gasteiger partial charge is 0.341 e. The fraction of sp³-hybridized carbons (Fsp3) is 0.444. The number of rotatable bonds is 4. The van der Waals surface area contributed by atoms with Gasteiger partial charge in [-0.2, -0.15) is 0 Å². The fourth-order valence-electron chi connectivity index (χ4n) is 3.36. The van der Waals surface area contributed by atoms with Crippen LogP contribution in [0.2, 0.25) is 0 Å². The first kappa shape index (κ1) is 18.4. The number of aromatic nitrogens is 1. The van der Waals surface area contributed by atoms with Crippen LogP contribution < -0.4 is 0 Å². The van der Waals surface area contributed by atoms with E-state index in [1.54, 1.807) is 14.0 Å². The minimum atomic E-state index is -3.09. The second-order valence-corrected chi connectivity index (χ2v) is 8.95. The van der Waals surface area contributed by atoms with E-state index in [-0.39, 0.29) is 17.5 Å². The molecule has 0 saturated carbocycles. The zero-order valence-corrected chi connectivity index (χ0v) is 15.8. The van der Waals surface area contributed by atoms with Crippen molar-refractivity contribution >= 4 is 32.6 Å². The number of carbonyl (C=O) groups is 2. The van der Waals surface area contributed by atoms with Crippen molar-refractivity contribution in [2.24, 2.45) is 0 Å². The zero-order valence-electron chi connectivity index (χ0n) is 15.0. The van der Waals surface area contributed by atoms with Gasteiger partial charge in [-0.1, -0.05) is 18.2 Å². The third-order valence-corrected chi connectivity index (χ3v) is 6.58. The van der Waals surface area contributed by atoms with Crippen molar-refractivity contribution in [3.8, 4) is 0 Å². The van der Waals surface area contributed by atoms with Crippen LogP contribution in [0.5, 0.6) is 0 Å². The number of nitrogens with one attached hydrogen (secondary N) is 1. The maximum atomic E-state index is 12.6. The van der Waals surface area contributed by atoms with Crippen LogP contribution in [0.15, 0.2) is 24.3 Å². The first-order valence-corrected chi connectivity index (χ1v) is 10.3. The molecular weight excluding hydrogens is 356 g/mol. The fourth-order valence-corrected chi connectivity index (χ4v) is 5.13. The predicted molar refractivity (Wildman–Crippen MR) is 97.7 cm³/mol. The number of hydrogen-bond acceptors (Lipinski definition) is 5. The number of benzene rings is 1. The number of para-hydroxylation sites is 1. The van der Waals surface area contributed by atoms with Crippen LogP contribution in [0.4, 0.5) is 0 Å². The third kappa shape index (κ3) is 3.46. The quantitative estimate of drug-likeness (QED) is 0.817. The Hall–Kier alpha value is -2.35. The Kier molecular flexibility index (Phi) is 4.79. The summed E-state index contributed by atoms with van der Waals surface area (Å²) in [6, 6.07) is 7.00. The van der Waals surface area contributed by atoms with E-state index in [0.29, 0.717) is 17.7 Å².